The van der Waals surface area contributed by atoms with Gasteiger partial charge in [0.15, 0.2) is 0 Å². The van der Waals surface area contributed by atoms with Crippen LogP contribution in [0.4, 0.5) is 0 Å². The molecule has 1 fully saturated rings. The Labute approximate surface area is 99.3 Å². The van der Waals surface area contributed by atoms with E-state index in [1.54, 1.807) is 12.4 Å². The first-order valence-corrected chi connectivity index (χ1v) is 5.88. The lowest BCUT2D eigenvalue weighted by Crippen LogP contribution is -2.28. The maximum absolute atomic E-state index is 5.71. The normalized spacial score (nSPS) is 20.4. The molecule has 0 spiro atoms. The van der Waals surface area contributed by atoms with Gasteiger partial charge in [0.25, 0.3) is 0 Å². The Balaban J connectivity index is 1.83. The summed E-state index contributed by atoms with van der Waals surface area (Å²) in [6, 6.07) is 3.78. The zero-order valence-electron chi connectivity index (χ0n) is 9.47. The molecule has 88 valence electrons. The van der Waals surface area contributed by atoms with Crippen LogP contribution in [0.1, 0.15) is 24.7 Å². The second kappa shape index (κ2) is 4.63. The van der Waals surface area contributed by atoms with Gasteiger partial charge >= 0.3 is 0 Å². The second-order valence-corrected chi connectivity index (χ2v) is 4.23. The lowest BCUT2D eigenvalue weighted by Gasteiger charge is -2.18. The molecule has 17 heavy (non-hydrogen) atoms. The summed E-state index contributed by atoms with van der Waals surface area (Å²) >= 11 is 0. The molecular weight excluding hydrogens is 216 g/mol. The van der Waals surface area contributed by atoms with Crippen LogP contribution in [0.5, 0.6) is 0 Å². The van der Waals surface area contributed by atoms with Crippen molar-refractivity contribution in [3.05, 3.63) is 30.4 Å². The highest BCUT2D eigenvalue weighted by molar-refractivity contribution is 5.49. The van der Waals surface area contributed by atoms with Gasteiger partial charge in [-0.25, -0.2) is 0 Å². The number of rotatable bonds is 2. The van der Waals surface area contributed by atoms with Crippen LogP contribution in [0, 0.1) is 0 Å². The topological polar surface area (TPSA) is 63.8 Å². The monoisotopic (exact) mass is 230 g/mol. The number of pyridine rings is 1. The number of hydrogen-bond acceptors (Lipinski definition) is 5. The molecule has 1 saturated heterocycles. The summed E-state index contributed by atoms with van der Waals surface area (Å²) in [6.07, 6.45) is 5.74. The Morgan fingerprint density at radius 3 is 3.12 bits per heavy atom. The minimum atomic E-state index is 0.349. The van der Waals surface area contributed by atoms with Crippen LogP contribution in [0.15, 0.2) is 28.9 Å². The summed E-state index contributed by atoms with van der Waals surface area (Å²) in [6.45, 7) is 2.01. The highest BCUT2D eigenvalue weighted by Gasteiger charge is 2.21. The summed E-state index contributed by atoms with van der Waals surface area (Å²) in [5.41, 5.74) is 0.870. The lowest BCUT2D eigenvalue weighted by molar-refractivity contribution is 0.380. The molecule has 1 aliphatic heterocycles. The molecule has 1 aliphatic rings. The largest absolute Gasteiger partial charge is 0.420 e. The summed E-state index contributed by atoms with van der Waals surface area (Å²) in [5, 5.41) is 11.6. The molecule has 5 heteroatoms. The number of hydrogen-bond donors (Lipinski definition) is 1. The predicted molar refractivity (Wildman–Crippen MR) is 62.4 cm³/mol. The summed E-state index contributed by atoms with van der Waals surface area (Å²) in [7, 11) is 0. The standard InChI is InChI=1S/C12H14N4O/c1-3-9(7-13-5-1)11-15-16-12(17-11)10-4-2-6-14-8-10/h1,3,5,7,10,14H,2,4,6,8H2. The first-order valence-electron chi connectivity index (χ1n) is 5.88. The molecule has 0 saturated carbocycles. The molecule has 0 radical (unpaired) electrons. The Morgan fingerprint density at radius 2 is 2.35 bits per heavy atom. The zero-order chi connectivity index (χ0) is 11.5. The van der Waals surface area contributed by atoms with Gasteiger partial charge in [0.1, 0.15) is 0 Å². The molecule has 3 heterocycles. The quantitative estimate of drug-likeness (QED) is 0.849. The van der Waals surface area contributed by atoms with Crippen molar-refractivity contribution in [2.45, 2.75) is 18.8 Å². The fourth-order valence-electron chi connectivity index (χ4n) is 2.07. The van der Waals surface area contributed by atoms with E-state index in [0.717, 1.165) is 37.4 Å². The van der Waals surface area contributed by atoms with Gasteiger partial charge in [-0.3, -0.25) is 4.98 Å². The Morgan fingerprint density at radius 1 is 1.35 bits per heavy atom. The summed E-state index contributed by atoms with van der Waals surface area (Å²) in [4.78, 5) is 4.04. The molecule has 0 bridgehead atoms. The van der Waals surface area contributed by atoms with Crippen molar-refractivity contribution in [1.82, 2.24) is 20.5 Å². The minimum Gasteiger partial charge on any atom is -0.420 e. The molecule has 0 amide bonds. The average Bonchev–Trinajstić information content (AvgIpc) is 2.90. The first kappa shape index (κ1) is 10.4. The second-order valence-electron chi connectivity index (χ2n) is 4.23. The molecule has 5 nitrogen and oxygen atoms in total. The van der Waals surface area contributed by atoms with E-state index in [0.29, 0.717) is 11.8 Å². The van der Waals surface area contributed by atoms with Crippen molar-refractivity contribution in [2.24, 2.45) is 0 Å². The summed E-state index contributed by atoms with van der Waals surface area (Å²) < 4.78 is 5.71. The van der Waals surface area contributed by atoms with E-state index in [1.165, 1.54) is 0 Å². The van der Waals surface area contributed by atoms with Gasteiger partial charge in [0, 0.05) is 24.9 Å². The highest BCUT2D eigenvalue weighted by atomic mass is 16.4. The molecule has 1 atom stereocenters. The third kappa shape index (κ3) is 2.19. The van der Waals surface area contributed by atoms with Crippen molar-refractivity contribution in [2.75, 3.05) is 13.1 Å². The van der Waals surface area contributed by atoms with Crippen molar-refractivity contribution >= 4 is 0 Å². The van der Waals surface area contributed by atoms with Gasteiger partial charge in [-0.2, -0.15) is 0 Å². The number of aromatic nitrogens is 3. The van der Waals surface area contributed by atoms with Gasteiger partial charge in [0.05, 0.1) is 5.56 Å². The maximum atomic E-state index is 5.71. The molecule has 1 N–H and O–H groups in total. The Hall–Kier alpha value is -1.75. The Kier molecular flexibility index (Phi) is 2.83. The van der Waals surface area contributed by atoms with Crippen LogP contribution < -0.4 is 5.32 Å². The van der Waals surface area contributed by atoms with E-state index in [-0.39, 0.29) is 0 Å². The van der Waals surface area contributed by atoms with E-state index in [1.807, 2.05) is 12.1 Å². The van der Waals surface area contributed by atoms with Gasteiger partial charge in [-0.15, -0.1) is 10.2 Å². The van der Waals surface area contributed by atoms with E-state index in [2.05, 4.69) is 20.5 Å². The van der Waals surface area contributed by atoms with Crippen LogP contribution in [-0.2, 0) is 0 Å². The van der Waals surface area contributed by atoms with Crippen LogP contribution in [0.25, 0.3) is 11.5 Å². The van der Waals surface area contributed by atoms with Crippen molar-refractivity contribution in [3.63, 3.8) is 0 Å². The van der Waals surface area contributed by atoms with Gasteiger partial charge in [-0.1, -0.05) is 0 Å². The molecule has 0 aliphatic carbocycles. The van der Waals surface area contributed by atoms with E-state index in [9.17, 15) is 0 Å². The fourth-order valence-corrected chi connectivity index (χ4v) is 2.07. The van der Waals surface area contributed by atoms with Gasteiger partial charge in [0.2, 0.25) is 11.8 Å². The summed E-state index contributed by atoms with van der Waals surface area (Å²) in [5.74, 6) is 1.64. The van der Waals surface area contributed by atoms with Crippen molar-refractivity contribution < 1.29 is 4.42 Å². The van der Waals surface area contributed by atoms with Crippen LogP contribution in [0.2, 0.25) is 0 Å². The third-order valence-electron chi connectivity index (χ3n) is 3.00. The fraction of sp³-hybridized carbons (Fsp3) is 0.417. The molecule has 2 aromatic heterocycles. The SMILES string of the molecule is c1cncc(-c2nnc(C3CCCNC3)o2)c1. The molecular formula is C12H14N4O. The number of piperidine rings is 1. The van der Waals surface area contributed by atoms with Crippen LogP contribution in [-0.4, -0.2) is 28.3 Å². The first-order chi connectivity index (χ1) is 8.43. The minimum absolute atomic E-state index is 0.349. The average molecular weight is 230 g/mol. The molecule has 1 unspecified atom stereocenters. The number of nitrogens with one attached hydrogen (secondary N) is 1. The van der Waals surface area contributed by atoms with E-state index in [4.69, 9.17) is 4.42 Å². The van der Waals surface area contributed by atoms with Crippen molar-refractivity contribution in [1.29, 1.82) is 0 Å². The molecule has 2 aromatic rings. The van der Waals surface area contributed by atoms with Crippen LogP contribution in [0.3, 0.4) is 0 Å². The van der Waals surface area contributed by atoms with Gasteiger partial charge < -0.3 is 9.73 Å². The predicted octanol–water partition coefficient (Wildman–Crippen LogP) is 1.60. The van der Waals surface area contributed by atoms with Crippen LogP contribution >= 0.6 is 0 Å². The number of nitrogens with zero attached hydrogens (tertiary/aromatic N) is 3. The van der Waals surface area contributed by atoms with Gasteiger partial charge in [-0.05, 0) is 31.5 Å². The third-order valence-corrected chi connectivity index (χ3v) is 3.00. The van der Waals surface area contributed by atoms with E-state index >= 15 is 0 Å². The van der Waals surface area contributed by atoms with Crippen molar-refractivity contribution in [3.8, 4) is 11.5 Å². The smallest absolute Gasteiger partial charge is 0.249 e. The maximum Gasteiger partial charge on any atom is 0.249 e. The molecule has 0 aromatic carbocycles. The highest BCUT2D eigenvalue weighted by Crippen LogP contribution is 2.25. The lowest BCUT2D eigenvalue weighted by atomic mass is 10.00. The molecule has 3 rings (SSSR count). The zero-order valence-corrected chi connectivity index (χ0v) is 9.47. The Bertz CT molecular complexity index is 476. The van der Waals surface area contributed by atoms with E-state index < -0.39 is 0 Å².